The predicted molar refractivity (Wildman–Crippen MR) is 81.9 cm³/mol. The van der Waals surface area contributed by atoms with Gasteiger partial charge in [-0.2, -0.15) is 0 Å². The molecule has 0 bridgehead atoms. The van der Waals surface area contributed by atoms with Crippen molar-refractivity contribution in [2.24, 2.45) is 0 Å². The third-order valence-corrected chi connectivity index (χ3v) is 4.48. The number of nitrogen functional groups attached to an aromatic ring is 1. The number of nitrogens with two attached hydrogens (primary N) is 1. The van der Waals surface area contributed by atoms with Gasteiger partial charge in [0.15, 0.2) is 0 Å². The fourth-order valence-electron chi connectivity index (χ4n) is 1.41. The molecule has 0 aliphatic heterocycles. The third kappa shape index (κ3) is 3.48. The van der Waals surface area contributed by atoms with Gasteiger partial charge in [0.25, 0.3) is 0 Å². The van der Waals surface area contributed by atoms with Crippen LogP contribution in [0.25, 0.3) is 0 Å². The molecule has 0 spiro atoms. The molecule has 0 saturated carbocycles. The van der Waals surface area contributed by atoms with E-state index in [0.29, 0.717) is 15.7 Å². The van der Waals surface area contributed by atoms with E-state index < -0.39 is 0 Å². The van der Waals surface area contributed by atoms with Crippen LogP contribution >= 0.6 is 46.6 Å². The number of rotatable bonds is 3. The molecule has 0 heterocycles. The number of hydrogen-bond acceptors (Lipinski definition) is 2. The molecule has 5 heteroatoms. The molecule has 94 valence electrons. The smallest absolute Gasteiger partial charge is 0.0613 e. The molecule has 1 nitrogen and oxygen atoms in total. The molecule has 0 fully saturated rings. The fourth-order valence-corrected chi connectivity index (χ4v) is 2.88. The minimum atomic E-state index is 0.477. The molecule has 0 atom stereocenters. The van der Waals surface area contributed by atoms with Gasteiger partial charge in [0, 0.05) is 21.4 Å². The van der Waals surface area contributed by atoms with Crippen LogP contribution in [0.1, 0.15) is 5.56 Å². The average Bonchev–Trinajstić information content (AvgIpc) is 2.34. The van der Waals surface area contributed by atoms with E-state index in [4.69, 9.17) is 40.5 Å². The lowest BCUT2D eigenvalue weighted by Crippen LogP contribution is -1.89. The van der Waals surface area contributed by atoms with E-state index in [9.17, 15) is 0 Å². The Morgan fingerprint density at radius 1 is 0.944 bits per heavy atom. The summed E-state index contributed by atoms with van der Waals surface area (Å²) >= 11 is 19.3. The van der Waals surface area contributed by atoms with E-state index in [0.717, 1.165) is 15.7 Å². The Morgan fingerprint density at radius 3 is 2.22 bits per heavy atom. The van der Waals surface area contributed by atoms with Crippen LogP contribution in [-0.2, 0) is 5.75 Å². The van der Waals surface area contributed by atoms with E-state index in [-0.39, 0.29) is 0 Å². The molecular formula is C13H10Cl3NS. The molecule has 2 aromatic rings. The lowest BCUT2D eigenvalue weighted by Gasteiger charge is -2.07. The number of thioether (sulfide) groups is 1. The van der Waals surface area contributed by atoms with Gasteiger partial charge in [0.2, 0.25) is 0 Å². The third-order valence-electron chi connectivity index (χ3n) is 2.36. The number of benzene rings is 2. The first-order valence-corrected chi connectivity index (χ1v) is 7.30. The zero-order valence-electron chi connectivity index (χ0n) is 9.29. The molecule has 0 saturated heterocycles. The maximum atomic E-state index is 5.97. The minimum absolute atomic E-state index is 0.477. The van der Waals surface area contributed by atoms with E-state index in [1.54, 1.807) is 23.9 Å². The highest BCUT2D eigenvalue weighted by atomic mass is 35.5. The molecule has 2 aromatic carbocycles. The van der Waals surface area contributed by atoms with Crippen molar-refractivity contribution < 1.29 is 0 Å². The Kier molecular flexibility index (Phi) is 4.68. The molecule has 2 N–H and O–H groups in total. The van der Waals surface area contributed by atoms with Crippen LogP contribution in [0.5, 0.6) is 0 Å². The summed E-state index contributed by atoms with van der Waals surface area (Å²) in [6, 6.07) is 11.2. The summed E-state index contributed by atoms with van der Waals surface area (Å²) in [5, 5.41) is 1.73. The van der Waals surface area contributed by atoms with Crippen molar-refractivity contribution in [2.45, 2.75) is 10.6 Å². The van der Waals surface area contributed by atoms with E-state index in [1.807, 2.05) is 24.3 Å². The Bertz CT molecular complexity index is 555. The predicted octanol–water partition coefficient (Wildman–Crippen LogP) is 5.52. The van der Waals surface area contributed by atoms with E-state index in [1.165, 1.54) is 5.56 Å². The summed E-state index contributed by atoms with van der Waals surface area (Å²) < 4.78 is 0. The molecule has 0 radical (unpaired) electrons. The first kappa shape index (κ1) is 13.9. The van der Waals surface area contributed by atoms with E-state index in [2.05, 4.69) is 0 Å². The van der Waals surface area contributed by atoms with Gasteiger partial charge in [0.05, 0.1) is 10.0 Å². The summed E-state index contributed by atoms with van der Waals surface area (Å²) in [5.74, 6) is 0.805. The van der Waals surface area contributed by atoms with Crippen molar-refractivity contribution in [1.29, 1.82) is 0 Å². The highest BCUT2D eigenvalue weighted by Gasteiger charge is 2.06. The summed E-state index contributed by atoms with van der Waals surface area (Å²) in [6.07, 6.45) is 0. The number of halogens is 3. The van der Waals surface area contributed by atoms with Crippen LogP contribution in [0.15, 0.2) is 41.3 Å². The maximum Gasteiger partial charge on any atom is 0.0613 e. The Hall–Kier alpha value is -0.540. The Balaban J connectivity index is 2.10. The summed E-state index contributed by atoms with van der Waals surface area (Å²) in [4.78, 5) is 0.930. The van der Waals surface area contributed by atoms with Gasteiger partial charge < -0.3 is 5.73 Å². The standard InChI is InChI=1S/C13H10Cl3NS/c14-9-3-1-8(2-4-9)7-18-13-6-11(16)10(15)5-12(13)17/h1-6H,7,17H2. The lowest BCUT2D eigenvalue weighted by atomic mass is 10.2. The molecular weight excluding hydrogens is 309 g/mol. The molecule has 0 amide bonds. The van der Waals surface area contributed by atoms with E-state index >= 15 is 0 Å². The summed E-state index contributed by atoms with van der Waals surface area (Å²) in [5.41, 5.74) is 7.71. The highest BCUT2D eigenvalue weighted by Crippen LogP contribution is 2.34. The second-order valence-corrected chi connectivity index (χ2v) is 5.99. The monoisotopic (exact) mass is 317 g/mol. The van der Waals surface area contributed by atoms with Gasteiger partial charge in [-0.05, 0) is 29.8 Å². The Labute approximate surface area is 125 Å². The Morgan fingerprint density at radius 2 is 1.56 bits per heavy atom. The van der Waals surface area contributed by atoms with Gasteiger partial charge in [0.1, 0.15) is 0 Å². The van der Waals surface area contributed by atoms with Crippen molar-refractivity contribution >= 4 is 52.3 Å². The zero-order chi connectivity index (χ0) is 13.1. The van der Waals surface area contributed by atoms with Crippen molar-refractivity contribution in [3.63, 3.8) is 0 Å². The van der Waals surface area contributed by atoms with Crippen molar-refractivity contribution in [3.8, 4) is 0 Å². The molecule has 0 aromatic heterocycles. The second-order valence-electron chi connectivity index (χ2n) is 3.72. The molecule has 0 aliphatic rings. The van der Waals surface area contributed by atoms with Crippen LogP contribution in [0, 0.1) is 0 Å². The zero-order valence-corrected chi connectivity index (χ0v) is 12.4. The minimum Gasteiger partial charge on any atom is -0.398 e. The average molecular weight is 319 g/mol. The van der Waals surface area contributed by atoms with Crippen LogP contribution in [0.2, 0.25) is 15.1 Å². The quantitative estimate of drug-likeness (QED) is 0.595. The lowest BCUT2D eigenvalue weighted by molar-refractivity contribution is 1.38. The van der Waals surface area contributed by atoms with Crippen LogP contribution in [-0.4, -0.2) is 0 Å². The normalized spacial score (nSPS) is 10.6. The van der Waals surface area contributed by atoms with Crippen LogP contribution in [0.4, 0.5) is 5.69 Å². The van der Waals surface area contributed by atoms with Crippen molar-refractivity contribution in [2.75, 3.05) is 5.73 Å². The fraction of sp³-hybridized carbons (Fsp3) is 0.0769. The van der Waals surface area contributed by atoms with Crippen LogP contribution in [0.3, 0.4) is 0 Å². The first-order valence-electron chi connectivity index (χ1n) is 5.18. The van der Waals surface area contributed by atoms with Gasteiger partial charge in [-0.3, -0.25) is 0 Å². The van der Waals surface area contributed by atoms with Gasteiger partial charge >= 0.3 is 0 Å². The second kappa shape index (κ2) is 6.07. The molecule has 18 heavy (non-hydrogen) atoms. The largest absolute Gasteiger partial charge is 0.398 e. The van der Waals surface area contributed by atoms with Crippen LogP contribution < -0.4 is 5.73 Å². The van der Waals surface area contributed by atoms with Crippen molar-refractivity contribution in [3.05, 3.63) is 57.0 Å². The topological polar surface area (TPSA) is 26.0 Å². The summed E-state index contributed by atoms with van der Waals surface area (Å²) in [7, 11) is 0. The highest BCUT2D eigenvalue weighted by molar-refractivity contribution is 7.98. The number of anilines is 1. The van der Waals surface area contributed by atoms with Gasteiger partial charge in [-0.15, -0.1) is 11.8 Å². The van der Waals surface area contributed by atoms with Crippen molar-refractivity contribution in [1.82, 2.24) is 0 Å². The van der Waals surface area contributed by atoms with Gasteiger partial charge in [-0.1, -0.05) is 46.9 Å². The van der Waals surface area contributed by atoms with Gasteiger partial charge in [-0.25, -0.2) is 0 Å². The summed E-state index contributed by atoms with van der Waals surface area (Å²) in [6.45, 7) is 0. The molecule has 2 rings (SSSR count). The maximum absolute atomic E-state index is 5.97. The first-order chi connectivity index (χ1) is 8.56. The molecule has 0 aliphatic carbocycles. The SMILES string of the molecule is Nc1cc(Cl)c(Cl)cc1SCc1ccc(Cl)cc1. The molecule has 0 unspecified atom stereocenters. The number of hydrogen-bond donors (Lipinski definition) is 1.